The summed E-state index contributed by atoms with van der Waals surface area (Å²) in [5, 5.41) is 7.28. The van der Waals surface area contributed by atoms with Gasteiger partial charge in [0.15, 0.2) is 0 Å². The first kappa shape index (κ1) is 9.59. The molecule has 0 aromatic rings. The van der Waals surface area contributed by atoms with E-state index in [0.29, 0.717) is 6.54 Å². The van der Waals surface area contributed by atoms with Gasteiger partial charge in [0.1, 0.15) is 5.84 Å². The van der Waals surface area contributed by atoms with Gasteiger partial charge >= 0.3 is 0 Å². The van der Waals surface area contributed by atoms with E-state index >= 15 is 0 Å². The minimum Gasteiger partial charge on any atom is -0.386 e. The van der Waals surface area contributed by atoms with Gasteiger partial charge in [-0.25, -0.2) is 0 Å². The zero-order valence-electron chi connectivity index (χ0n) is 7.63. The van der Waals surface area contributed by atoms with E-state index < -0.39 is 0 Å². The number of amidine groups is 1. The van der Waals surface area contributed by atoms with Crippen LogP contribution >= 0.6 is 0 Å². The number of nitrogens with one attached hydrogen (secondary N) is 1. The fraction of sp³-hybridized carbons (Fsp3) is 0.556. The molecule has 0 bridgehead atoms. The van der Waals surface area contributed by atoms with Gasteiger partial charge in [-0.2, -0.15) is 0 Å². The first-order valence-corrected chi connectivity index (χ1v) is 4.24. The molecule has 13 heavy (non-hydrogen) atoms. The molecule has 0 saturated carbocycles. The number of carbonyl (C=O) groups is 1. The Morgan fingerprint density at radius 1 is 1.69 bits per heavy atom. The Hall–Kier alpha value is -1.50. The summed E-state index contributed by atoms with van der Waals surface area (Å²) in [7, 11) is 0. The number of amides is 1. The van der Waals surface area contributed by atoms with Crippen molar-refractivity contribution in [3.8, 4) is 11.8 Å². The topological polar surface area (TPSA) is 70.2 Å². The largest absolute Gasteiger partial charge is 0.386 e. The normalized spacial score (nSPS) is 20.7. The number of nitrogens with two attached hydrogens (primary N) is 1. The van der Waals surface area contributed by atoms with Crippen molar-refractivity contribution in [2.45, 2.75) is 25.8 Å². The highest BCUT2D eigenvalue weighted by atomic mass is 16.2. The molecule has 70 valence electrons. The van der Waals surface area contributed by atoms with Crippen molar-refractivity contribution >= 4 is 11.7 Å². The predicted molar refractivity (Wildman–Crippen MR) is 50.1 cm³/mol. The van der Waals surface area contributed by atoms with E-state index in [1.165, 1.54) is 0 Å². The maximum Gasteiger partial charge on any atom is 0.299 e. The number of nitrogens with zero attached hydrogens (tertiary/aromatic N) is 1. The van der Waals surface area contributed by atoms with Gasteiger partial charge in [-0.15, -0.1) is 0 Å². The highest BCUT2D eigenvalue weighted by molar-refractivity contribution is 5.97. The summed E-state index contributed by atoms with van der Waals surface area (Å²) in [6.07, 6.45) is 1.69. The zero-order valence-corrected chi connectivity index (χ0v) is 7.63. The van der Waals surface area contributed by atoms with Crippen LogP contribution in [0.5, 0.6) is 0 Å². The monoisotopic (exact) mass is 179 g/mol. The Balaban J connectivity index is 2.72. The molecule has 0 aliphatic carbocycles. The Kier molecular flexibility index (Phi) is 2.91. The second-order valence-corrected chi connectivity index (χ2v) is 2.99. The van der Waals surface area contributed by atoms with Gasteiger partial charge in [0.25, 0.3) is 5.91 Å². The molecule has 0 aromatic heterocycles. The summed E-state index contributed by atoms with van der Waals surface area (Å²) in [5.41, 5.74) is 5.36. The van der Waals surface area contributed by atoms with Crippen LogP contribution in [-0.4, -0.2) is 29.2 Å². The Labute approximate surface area is 77.6 Å². The molecular formula is C9H13N3O. The van der Waals surface area contributed by atoms with E-state index in [2.05, 4.69) is 11.8 Å². The predicted octanol–water partition coefficient (Wildman–Crippen LogP) is -0.0633. The number of likely N-dealkylation sites (tertiary alicyclic amines) is 1. The van der Waals surface area contributed by atoms with Gasteiger partial charge < -0.3 is 10.6 Å². The van der Waals surface area contributed by atoms with E-state index in [4.69, 9.17) is 11.1 Å². The summed E-state index contributed by atoms with van der Waals surface area (Å²) in [6, 6.07) is -0.228. The number of rotatable bonds is 1. The van der Waals surface area contributed by atoms with Gasteiger partial charge in [-0.05, 0) is 25.7 Å². The molecule has 0 radical (unpaired) electrons. The molecular weight excluding hydrogens is 166 g/mol. The van der Waals surface area contributed by atoms with Crippen LogP contribution in [0.3, 0.4) is 0 Å². The second-order valence-electron chi connectivity index (χ2n) is 2.99. The lowest BCUT2D eigenvalue weighted by molar-refractivity contribution is -0.124. The lowest BCUT2D eigenvalue weighted by Crippen LogP contribution is -2.42. The van der Waals surface area contributed by atoms with E-state index in [0.717, 1.165) is 12.8 Å². The van der Waals surface area contributed by atoms with Crippen LogP contribution in [0.15, 0.2) is 0 Å². The van der Waals surface area contributed by atoms with Crippen molar-refractivity contribution in [3.63, 3.8) is 0 Å². The quantitative estimate of drug-likeness (QED) is 0.336. The third-order valence-corrected chi connectivity index (χ3v) is 2.10. The molecule has 1 unspecified atom stereocenters. The van der Waals surface area contributed by atoms with Crippen molar-refractivity contribution < 1.29 is 4.79 Å². The van der Waals surface area contributed by atoms with Crippen LogP contribution in [0.2, 0.25) is 0 Å². The number of hydrogen-bond donors (Lipinski definition) is 2. The molecule has 1 aliphatic rings. The Bertz CT molecular complexity index is 287. The summed E-state index contributed by atoms with van der Waals surface area (Å²) in [6.45, 7) is 2.29. The summed E-state index contributed by atoms with van der Waals surface area (Å²) in [4.78, 5) is 12.9. The molecule has 1 saturated heterocycles. The molecule has 1 fully saturated rings. The average Bonchev–Trinajstić information content (AvgIpc) is 2.52. The molecule has 4 nitrogen and oxygen atoms in total. The molecule has 3 N–H and O–H groups in total. The van der Waals surface area contributed by atoms with E-state index in [-0.39, 0.29) is 17.8 Å². The summed E-state index contributed by atoms with van der Waals surface area (Å²) < 4.78 is 0. The second kappa shape index (κ2) is 3.94. The first-order chi connectivity index (χ1) is 6.16. The van der Waals surface area contributed by atoms with Crippen molar-refractivity contribution in [1.82, 2.24) is 4.90 Å². The van der Waals surface area contributed by atoms with E-state index in [1.54, 1.807) is 11.8 Å². The van der Waals surface area contributed by atoms with Crippen molar-refractivity contribution in [1.29, 1.82) is 5.41 Å². The Morgan fingerprint density at radius 2 is 2.38 bits per heavy atom. The SMILES string of the molecule is CC#CC(=O)N1CCCC1C(=N)N. The zero-order chi connectivity index (χ0) is 9.84. The van der Waals surface area contributed by atoms with Crippen molar-refractivity contribution in [3.05, 3.63) is 0 Å². The van der Waals surface area contributed by atoms with Crippen LogP contribution in [-0.2, 0) is 4.79 Å². The first-order valence-electron chi connectivity index (χ1n) is 4.24. The fourth-order valence-corrected chi connectivity index (χ4v) is 1.51. The third kappa shape index (κ3) is 2.00. The standard InChI is InChI=1S/C9H13N3O/c1-2-4-8(13)12-6-3-5-7(12)9(10)11/h7H,3,5-6H2,1H3,(H3,10,11). The van der Waals surface area contributed by atoms with E-state index in [9.17, 15) is 4.79 Å². The van der Waals surface area contributed by atoms with Crippen LogP contribution in [0, 0.1) is 17.3 Å². The lowest BCUT2D eigenvalue weighted by atomic mass is 10.2. The molecule has 0 spiro atoms. The summed E-state index contributed by atoms with van der Waals surface area (Å²) >= 11 is 0. The molecule has 1 aliphatic heterocycles. The van der Waals surface area contributed by atoms with Crippen LogP contribution in [0.25, 0.3) is 0 Å². The van der Waals surface area contributed by atoms with Gasteiger partial charge in [-0.1, -0.05) is 5.92 Å². The molecule has 1 atom stereocenters. The minimum absolute atomic E-state index is 0.0590. The smallest absolute Gasteiger partial charge is 0.299 e. The highest BCUT2D eigenvalue weighted by Crippen LogP contribution is 2.16. The van der Waals surface area contributed by atoms with Gasteiger partial charge in [0.2, 0.25) is 0 Å². The lowest BCUT2D eigenvalue weighted by Gasteiger charge is -2.20. The third-order valence-electron chi connectivity index (χ3n) is 2.10. The van der Waals surface area contributed by atoms with E-state index in [1.807, 2.05) is 0 Å². The van der Waals surface area contributed by atoms with Gasteiger partial charge in [-0.3, -0.25) is 10.2 Å². The van der Waals surface area contributed by atoms with Crippen molar-refractivity contribution in [2.24, 2.45) is 5.73 Å². The van der Waals surface area contributed by atoms with Crippen molar-refractivity contribution in [2.75, 3.05) is 6.54 Å². The number of carbonyl (C=O) groups excluding carboxylic acids is 1. The maximum absolute atomic E-state index is 11.4. The van der Waals surface area contributed by atoms with Gasteiger partial charge in [0.05, 0.1) is 6.04 Å². The van der Waals surface area contributed by atoms with Crippen LogP contribution in [0.1, 0.15) is 19.8 Å². The average molecular weight is 179 g/mol. The molecule has 1 rings (SSSR count). The Morgan fingerprint density at radius 3 is 2.92 bits per heavy atom. The summed E-state index contributed by atoms with van der Waals surface area (Å²) in [5.74, 6) is 4.85. The van der Waals surface area contributed by atoms with Crippen LogP contribution < -0.4 is 5.73 Å². The molecule has 1 heterocycles. The van der Waals surface area contributed by atoms with Gasteiger partial charge in [0, 0.05) is 6.54 Å². The molecule has 0 aromatic carbocycles. The van der Waals surface area contributed by atoms with Crippen LogP contribution in [0.4, 0.5) is 0 Å². The molecule has 1 amide bonds. The molecule has 4 heteroatoms. The maximum atomic E-state index is 11.4. The minimum atomic E-state index is -0.228. The highest BCUT2D eigenvalue weighted by Gasteiger charge is 2.29. The fourth-order valence-electron chi connectivity index (χ4n) is 1.51. The number of hydrogen-bond acceptors (Lipinski definition) is 2.